The van der Waals surface area contributed by atoms with E-state index < -0.39 is 0 Å². The second kappa shape index (κ2) is 4.97. The highest BCUT2D eigenvalue weighted by Crippen LogP contribution is 2.29. The normalized spacial score (nSPS) is 34.8. The lowest BCUT2D eigenvalue weighted by Gasteiger charge is -2.42. The standard InChI is InChI=1S/C11H22NO/c1-4-7-11(6-3)10(5-2)13-9-8-12-11/h10H,4-9H2,1-3H3. The van der Waals surface area contributed by atoms with E-state index in [1.807, 2.05) is 0 Å². The SMILES string of the molecule is CCCC1(CC)[N]CCOC1CC. The molecule has 0 aromatic heterocycles. The van der Waals surface area contributed by atoms with Crippen LogP contribution >= 0.6 is 0 Å². The van der Waals surface area contributed by atoms with Gasteiger partial charge in [-0.2, -0.15) is 0 Å². The first-order valence-corrected chi connectivity index (χ1v) is 5.59. The van der Waals surface area contributed by atoms with Crippen molar-refractivity contribution in [1.82, 2.24) is 5.32 Å². The molecule has 2 heteroatoms. The molecule has 77 valence electrons. The quantitative estimate of drug-likeness (QED) is 0.658. The van der Waals surface area contributed by atoms with Crippen molar-refractivity contribution >= 4 is 0 Å². The maximum atomic E-state index is 5.79. The molecule has 1 saturated heterocycles. The Bertz CT molecular complexity index is 145. The van der Waals surface area contributed by atoms with Crippen LogP contribution in [0.3, 0.4) is 0 Å². The van der Waals surface area contributed by atoms with Crippen LogP contribution in [-0.2, 0) is 4.74 Å². The molecule has 1 fully saturated rings. The average molecular weight is 184 g/mol. The van der Waals surface area contributed by atoms with Crippen LogP contribution in [-0.4, -0.2) is 24.8 Å². The predicted molar refractivity (Wildman–Crippen MR) is 55.0 cm³/mol. The molecule has 0 aromatic carbocycles. The van der Waals surface area contributed by atoms with Gasteiger partial charge in [0.15, 0.2) is 0 Å². The van der Waals surface area contributed by atoms with E-state index in [2.05, 4.69) is 20.8 Å². The first kappa shape index (κ1) is 11.0. The van der Waals surface area contributed by atoms with Crippen LogP contribution in [0, 0.1) is 0 Å². The summed E-state index contributed by atoms with van der Waals surface area (Å²) in [6.07, 6.45) is 4.97. The Balaban J connectivity index is 2.66. The Morgan fingerprint density at radius 3 is 2.69 bits per heavy atom. The number of rotatable bonds is 4. The molecule has 0 aliphatic carbocycles. The molecule has 0 amide bonds. The van der Waals surface area contributed by atoms with Crippen LogP contribution in [0.5, 0.6) is 0 Å². The number of nitrogens with zero attached hydrogens (tertiary/aromatic N) is 1. The second-order valence-corrected chi connectivity index (χ2v) is 3.86. The molecule has 1 aliphatic heterocycles. The van der Waals surface area contributed by atoms with Gasteiger partial charge in [-0.1, -0.05) is 27.2 Å². The van der Waals surface area contributed by atoms with Crippen LogP contribution in [0.15, 0.2) is 0 Å². The van der Waals surface area contributed by atoms with Crippen molar-refractivity contribution in [2.45, 2.75) is 58.1 Å². The summed E-state index contributed by atoms with van der Waals surface area (Å²) in [4.78, 5) is 0. The van der Waals surface area contributed by atoms with E-state index in [0.29, 0.717) is 6.10 Å². The van der Waals surface area contributed by atoms with Crippen LogP contribution in [0.4, 0.5) is 0 Å². The maximum Gasteiger partial charge on any atom is 0.0770 e. The molecule has 1 rings (SSSR count). The molecule has 13 heavy (non-hydrogen) atoms. The highest BCUT2D eigenvalue weighted by Gasteiger charge is 2.39. The highest BCUT2D eigenvalue weighted by molar-refractivity contribution is 4.95. The van der Waals surface area contributed by atoms with Gasteiger partial charge < -0.3 is 4.74 Å². The minimum Gasteiger partial charge on any atom is -0.375 e. The molecule has 0 bridgehead atoms. The third kappa shape index (κ3) is 2.23. The Morgan fingerprint density at radius 2 is 2.15 bits per heavy atom. The van der Waals surface area contributed by atoms with Crippen LogP contribution < -0.4 is 5.32 Å². The van der Waals surface area contributed by atoms with E-state index in [0.717, 1.165) is 26.0 Å². The van der Waals surface area contributed by atoms with Crippen molar-refractivity contribution in [3.8, 4) is 0 Å². The van der Waals surface area contributed by atoms with Gasteiger partial charge in [-0.3, -0.25) is 0 Å². The first-order chi connectivity index (χ1) is 6.29. The second-order valence-electron chi connectivity index (χ2n) is 3.86. The molecule has 1 radical (unpaired) electrons. The smallest absolute Gasteiger partial charge is 0.0770 e. The summed E-state index contributed by atoms with van der Waals surface area (Å²) in [5.74, 6) is 0. The summed E-state index contributed by atoms with van der Waals surface area (Å²) < 4.78 is 5.79. The number of morpholine rings is 1. The van der Waals surface area contributed by atoms with Gasteiger partial charge in [0.25, 0.3) is 0 Å². The molecular weight excluding hydrogens is 162 g/mol. The molecular formula is C11H22NO. The third-order valence-corrected chi connectivity index (χ3v) is 3.10. The van der Waals surface area contributed by atoms with E-state index in [1.54, 1.807) is 0 Å². The molecule has 0 aromatic rings. The molecule has 1 heterocycles. The van der Waals surface area contributed by atoms with E-state index in [1.165, 1.54) is 12.8 Å². The zero-order chi connectivity index (χ0) is 9.73. The number of hydrogen-bond donors (Lipinski definition) is 0. The van der Waals surface area contributed by atoms with Crippen LogP contribution in [0.2, 0.25) is 0 Å². The molecule has 2 atom stereocenters. The molecule has 0 spiro atoms. The minimum atomic E-state index is 0.141. The fraction of sp³-hybridized carbons (Fsp3) is 1.00. The van der Waals surface area contributed by atoms with E-state index in [-0.39, 0.29) is 5.54 Å². The van der Waals surface area contributed by atoms with Gasteiger partial charge in [0.2, 0.25) is 0 Å². The topological polar surface area (TPSA) is 23.3 Å². The van der Waals surface area contributed by atoms with Crippen LogP contribution in [0.25, 0.3) is 0 Å². The van der Waals surface area contributed by atoms with Gasteiger partial charge in [0.05, 0.1) is 18.2 Å². The highest BCUT2D eigenvalue weighted by atomic mass is 16.5. The van der Waals surface area contributed by atoms with Crippen molar-refractivity contribution in [3.63, 3.8) is 0 Å². The zero-order valence-electron chi connectivity index (χ0n) is 9.18. The summed E-state index contributed by atoms with van der Waals surface area (Å²) in [6, 6.07) is 0. The molecule has 0 N–H and O–H groups in total. The van der Waals surface area contributed by atoms with Crippen molar-refractivity contribution in [2.75, 3.05) is 13.2 Å². The first-order valence-electron chi connectivity index (χ1n) is 5.59. The van der Waals surface area contributed by atoms with Crippen molar-refractivity contribution in [1.29, 1.82) is 0 Å². The van der Waals surface area contributed by atoms with Gasteiger partial charge in [-0.25, -0.2) is 5.32 Å². The van der Waals surface area contributed by atoms with E-state index >= 15 is 0 Å². The predicted octanol–water partition coefficient (Wildman–Crippen LogP) is 2.35. The lowest BCUT2D eigenvalue weighted by atomic mass is 9.82. The fourth-order valence-electron chi connectivity index (χ4n) is 2.41. The van der Waals surface area contributed by atoms with Gasteiger partial charge >= 0.3 is 0 Å². The summed E-state index contributed by atoms with van der Waals surface area (Å²) >= 11 is 0. The van der Waals surface area contributed by atoms with E-state index in [4.69, 9.17) is 10.1 Å². The third-order valence-electron chi connectivity index (χ3n) is 3.10. The van der Waals surface area contributed by atoms with Crippen molar-refractivity contribution in [2.24, 2.45) is 0 Å². The van der Waals surface area contributed by atoms with Crippen LogP contribution in [0.1, 0.15) is 46.5 Å². The van der Waals surface area contributed by atoms with Crippen molar-refractivity contribution in [3.05, 3.63) is 0 Å². The van der Waals surface area contributed by atoms with Gasteiger partial charge in [-0.15, -0.1) is 0 Å². The average Bonchev–Trinajstić information content (AvgIpc) is 2.19. The minimum absolute atomic E-state index is 0.141. The Hall–Kier alpha value is -0.0800. The molecule has 1 aliphatic rings. The summed E-state index contributed by atoms with van der Waals surface area (Å²) in [5, 5.41) is 4.80. The molecule has 2 unspecified atom stereocenters. The monoisotopic (exact) mass is 184 g/mol. The summed E-state index contributed by atoms with van der Waals surface area (Å²) in [6.45, 7) is 8.38. The number of hydrogen-bond acceptors (Lipinski definition) is 1. The Kier molecular flexibility index (Phi) is 4.20. The Morgan fingerprint density at radius 1 is 1.38 bits per heavy atom. The summed E-state index contributed by atoms with van der Waals surface area (Å²) in [5.41, 5.74) is 0.141. The summed E-state index contributed by atoms with van der Waals surface area (Å²) in [7, 11) is 0. The largest absolute Gasteiger partial charge is 0.375 e. The number of ether oxygens (including phenoxy) is 1. The van der Waals surface area contributed by atoms with Crippen molar-refractivity contribution < 1.29 is 4.74 Å². The van der Waals surface area contributed by atoms with Gasteiger partial charge in [0.1, 0.15) is 0 Å². The van der Waals surface area contributed by atoms with Gasteiger partial charge in [0, 0.05) is 6.54 Å². The van der Waals surface area contributed by atoms with Gasteiger partial charge in [-0.05, 0) is 19.3 Å². The molecule has 2 nitrogen and oxygen atoms in total. The van der Waals surface area contributed by atoms with E-state index in [9.17, 15) is 0 Å². The Labute approximate surface area is 82.0 Å². The lowest BCUT2D eigenvalue weighted by molar-refractivity contribution is -0.0600. The lowest BCUT2D eigenvalue weighted by Crippen LogP contribution is -2.55. The zero-order valence-corrected chi connectivity index (χ0v) is 9.18. The maximum absolute atomic E-state index is 5.79. The molecule has 0 saturated carbocycles. The fourth-order valence-corrected chi connectivity index (χ4v) is 2.41.